The van der Waals surface area contributed by atoms with Crippen LogP contribution in [0.25, 0.3) is 0 Å². The Balaban J connectivity index is 1.97. The van der Waals surface area contributed by atoms with Crippen LogP contribution in [-0.4, -0.2) is 24.2 Å². The summed E-state index contributed by atoms with van der Waals surface area (Å²) in [5, 5.41) is 13.0. The molecule has 0 fully saturated rings. The van der Waals surface area contributed by atoms with Crippen LogP contribution in [0.15, 0.2) is 42.5 Å². The van der Waals surface area contributed by atoms with Gasteiger partial charge in [0.25, 0.3) is 0 Å². The van der Waals surface area contributed by atoms with Crippen molar-refractivity contribution in [2.45, 2.75) is 32.4 Å². The molecule has 0 unspecified atom stereocenters. The number of rotatable bonds is 6. The molecule has 0 radical (unpaired) electrons. The number of hydrogen-bond donors (Lipinski definition) is 2. The van der Waals surface area contributed by atoms with Crippen LogP contribution in [0.1, 0.15) is 29.7 Å². The predicted octanol–water partition coefficient (Wildman–Crippen LogP) is 2.92. The van der Waals surface area contributed by atoms with Gasteiger partial charge in [0.15, 0.2) is 0 Å². The molecule has 2 aromatic rings. The maximum atomic E-state index is 12.9. The number of methoxy groups -OCH3 is 1. The highest BCUT2D eigenvalue weighted by atomic mass is 19.1. The van der Waals surface area contributed by atoms with E-state index in [9.17, 15) is 14.3 Å². The van der Waals surface area contributed by atoms with Gasteiger partial charge in [-0.25, -0.2) is 4.39 Å². The van der Waals surface area contributed by atoms with Gasteiger partial charge in [-0.15, -0.1) is 0 Å². The van der Waals surface area contributed by atoms with E-state index in [0.29, 0.717) is 5.56 Å². The minimum absolute atomic E-state index is 0.192. The number of aliphatic hydroxyl groups is 1. The molecule has 0 aliphatic heterocycles. The monoisotopic (exact) mass is 331 g/mol. The Labute approximate surface area is 141 Å². The van der Waals surface area contributed by atoms with E-state index in [2.05, 4.69) is 5.32 Å². The summed E-state index contributed by atoms with van der Waals surface area (Å²) in [6, 6.07) is 10.7. The minimum Gasteiger partial charge on any atom is -0.496 e. The topological polar surface area (TPSA) is 58.6 Å². The van der Waals surface area contributed by atoms with E-state index < -0.39 is 12.1 Å². The van der Waals surface area contributed by atoms with E-state index in [0.717, 1.165) is 16.9 Å². The Morgan fingerprint density at radius 2 is 1.92 bits per heavy atom. The molecule has 2 atom stereocenters. The number of nitrogens with one attached hydrogen (secondary N) is 1. The van der Waals surface area contributed by atoms with Gasteiger partial charge in [0.2, 0.25) is 5.91 Å². The Bertz CT molecular complexity index is 700. The Morgan fingerprint density at radius 3 is 2.54 bits per heavy atom. The van der Waals surface area contributed by atoms with Crippen molar-refractivity contribution in [2.75, 3.05) is 7.11 Å². The number of aliphatic hydroxyl groups excluding tert-OH is 1. The second kappa shape index (κ2) is 7.93. The number of hydrogen-bond acceptors (Lipinski definition) is 3. The molecule has 0 aliphatic rings. The lowest BCUT2D eigenvalue weighted by molar-refractivity contribution is -0.121. The molecular weight excluding hydrogens is 309 g/mol. The number of aryl methyl sites for hydroxylation is 1. The van der Waals surface area contributed by atoms with Crippen LogP contribution >= 0.6 is 0 Å². The van der Waals surface area contributed by atoms with E-state index in [1.807, 2.05) is 25.1 Å². The van der Waals surface area contributed by atoms with Crippen molar-refractivity contribution in [3.05, 3.63) is 65.0 Å². The summed E-state index contributed by atoms with van der Waals surface area (Å²) in [4.78, 5) is 12.2. The van der Waals surface area contributed by atoms with Gasteiger partial charge in [-0.05, 0) is 48.7 Å². The third-order valence-electron chi connectivity index (χ3n) is 3.91. The summed E-state index contributed by atoms with van der Waals surface area (Å²) in [5.74, 6) is 0.172. The first kappa shape index (κ1) is 17.9. The first-order valence-corrected chi connectivity index (χ1v) is 7.77. The smallest absolute Gasteiger partial charge is 0.224 e. The van der Waals surface area contributed by atoms with E-state index in [4.69, 9.17) is 4.74 Å². The number of carbonyl (C=O) groups excluding carboxylic acids is 1. The van der Waals surface area contributed by atoms with Crippen molar-refractivity contribution in [2.24, 2.45) is 0 Å². The van der Waals surface area contributed by atoms with Crippen molar-refractivity contribution in [3.8, 4) is 5.75 Å². The van der Waals surface area contributed by atoms with Crippen LogP contribution in [-0.2, 0) is 11.2 Å². The number of benzene rings is 2. The molecule has 0 heterocycles. The molecule has 0 aliphatic carbocycles. The molecular formula is C19H22FNO3. The maximum Gasteiger partial charge on any atom is 0.224 e. The molecule has 128 valence electrons. The molecule has 0 saturated carbocycles. The first-order chi connectivity index (χ1) is 11.4. The fourth-order valence-corrected chi connectivity index (χ4v) is 2.49. The van der Waals surface area contributed by atoms with E-state index in [1.165, 1.54) is 24.3 Å². The third-order valence-corrected chi connectivity index (χ3v) is 3.91. The highest BCUT2D eigenvalue weighted by Crippen LogP contribution is 2.20. The summed E-state index contributed by atoms with van der Waals surface area (Å²) in [6.07, 6.45) is -0.709. The van der Waals surface area contributed by atoms with Crippen molar-refractivity contribution in [1.29, 1.82) is 0 Å². The highest BCUT2D eigenvalue weighted by Gasteiger charge is 2.18. The molecule has 0 aromatic heterocycles. The van der Waals surface area contributed by atoms with E-state index in [-0.39, 0.29) is 18.1 Å². The molecule has 0 spiro atoms. The van der Waals surface area contributed by atoms with Crippen molar-refractivity contribution < 1.29 is 19.0 Å². The zero-order valence-electron chi connectivity index (χ0n) is 14.0. The second-order valence-electron chi connectivity index (χ2n) is 5.83. The zero-order chi connectivity index (χ0) is 17.7. The molecule has 5 heteroatoms. The average Bonchev–Trinajstić information content (AvgIpc) is 2.56. The molecule has 4 nitrogen and oxygen atoms in total. The van der Waals surface area contributed by atoms with Crippen LogP contribution in [0.2, 0.25) is 0 Å². The van der Waals surface area contributed by atoms with Gasteiger partial charge in [-0.2, -0.15) is 0 Å². The molecule has 0 bridgehead atoms. The van der Waals surface area contributed by atoms with Crippen LogP contribution in [0.5, 0.6) is 5.75 Å². The van der Waals surface area contributed by atoms with Gasteiger partial charge >= 0.3 is 0 Å². The Kier molecular flexibility index (Phi) is 5.93. The first-order valence-electron chi connectivity index (χ1n) is 7.77. The Morgan fingerprint density at radius 1 is 1.25 bits per heavy atom. The largest absolute Gasteiger partial charge is 0.496 e. The molecule has 2 rings (SSSR count). The second-order valence-corrected chi connectivity index (χ2v) is 5.83. The lowest BCUT2D eigenvalue weighted by Crippen LogP contribution is -2.37. The van der Waals surface area contributed by atoms with Crippen molar-refractivity contribution in [1.82, 2.24) is 5.32 Å². The van der Waals surface area contributed by atoms with Crippen LogP contribution in [0.4, 0.5) is 4.39 Å². The summed E-state index contributed by atoms with van der Waals surface area (Å²) in [7, 11) is 1.59. The Hall–Kier alpha value is -2.40. The molecule has 2 N–H and O–H groups in total. The fraction of sp³-hybridized carbons (Fsp3) is 0.316. The lowest BCUT2D eigenvalue weighted by Gasteiger charge is -2.21. The summed E-state index contributed by atoms with van der Waals surface area (Å²) < 4.78 is 18.2. The lowest BCUT2D eigenvalue weighted by atomic mass is 10.0. The highest BCUT2D eigenvalue weighted by molar-refractivity contribution is 5.79. The van der Waals surface area contributed by atoms with Gasteiger partial charge in [0, 0.05) is 0 Å². The zero-order valence-corrected chi connectivity index (χ0v) is 14.0. The minimum atomic E-state index is -0.901. The van der Waals surface area contributed by atoms with Crippen LogP contribution in [0.3, 0.4) is 0 Å². The van der Waals surface area contributed by atoms with Gasteiger partial charge in [-0.1, -0.05) is 24.3 Å². The quantitative estimate of drug-likeness (QED) is 0.856. The van der Waals surface area contributed by atoms with Gasteiger partial charge in [0.05, 0.1) is 25.7 Å². The maximum absolute atomic E-state index is 12.9. The fourth-order valence-electron chi connectivity index (χ4n) is 2.49. The summed E-state index contributed by atoms with van der Waals surface area (Å²) >= 11 is 0. The number of ether oxygens (including phenoxy) is 1. The van der Waals surface area contributed by atoms with Crippen molar-refractivity contribution >= 4 is 5.91 Å². The summed E-state index contributed by atoms with van der Waals surface area (Å²) in [5.41, 5.74) is 2.39. The van der Waals surface area contributed by atoms with E-state index in [1.54, 1.807) is 14.0 Å². The van der Waals surface area contributed by atoms with Gasteiger partial charge < -0.3 is 15.2 Å². The van der Waals surface area contributed by atoms with E-state index >= 15 is 0 Å². The summed E-state index contributed by atoms with van der Waals surface area (Å²) in [6.45, 7) is 3.64. The molecule has 0 saturated heterocycles. The predicted molar refractivity (Wildman–Crippen MR) is 90.4 cm³/mol. The van der Waals surface area contributed by atoms with Gasteiger partial charge in [0.1, 0.15) is 11.6 Å². The normalized spacial score (nSPS) is 13.2. The SMILES string of the molecule is COc1cc(CC(=O)N[C@@H](C)[C@H](O)c2ccc(F)cc2)ccc1C. The molecule has 24 heavy (non-hydrogen) atoms. The molecule has 2 aromatic carbocycles. The van der Waals surface area contributed by atoms with Gasteiger partial charge in [-0.3, -0.25) is 4.79 Å². The number of halogens is 1. The average molecular weight is 331 g/mol. The number of amides is 1. The third kappa shape index (κ3) is 4.55. The van der Waals surface area contributed by atoms with Crippen molar-refractivity contribution in [3.63, 3.8) is 0 Å². The number of carbonyl (C=O) groups is 1. The van der Waals surface area contributed by atoms with Crippen LogP contribution < -0.4 is 10.1 Å². The standard InChI is InChI=1S/C19H22FNO3/c1-12-4-5-14(10-17(12)24-3)11-18(22)21-13(2)19(23)15-6-8-16(20)9-7-15/h4-10,13,19,23H,11H2,1-3H3,(H,21,22)/t13-,19-/m0/s1. The molecule has 1 amide bonds. The van der Waals surface area contributed by atoms with Crippen LogP contribution in [0, 0.1) is 12.7 Å².